The van der Waals surface area contributed by atoms with Crippen LogP contribution in [0.4, 0.5) is 0 Å². The summed E-state index contributed by atoms with van der Waals surface area (Å²) >= 11 is 0. The maximum Gasteiger partial charge on any atom is 0.270 e. The standard InChI is InChI=1S/C13H19N3O/c1-10(11-6-2-4-8-14-11)16-13(17)12-7-3-5-9-15-12/h3,5,7,9-11,14H,2,4,6,8H2,1H3,(H,16,17)/t10-,11+/m0/s1. The van der Waals surface area contributed by atoms with Crippen molar-refractivity contribution in [2.45, 2.75) is 38.3 Å². The first-order valence-corrected chi connectivity index (χ1v) is 6.22. The molecule has 2 atom stereocenters. The molecule has 2 rings (SSSR count). The Bertz CT molecular complexity index is 360. The molecule has 17 heavy (non-hydrogen) atoms. The summed E-state index contributed by atoms with van der Waals surface area (Å²) in [4.78, 5) is 15.9. The van der Waals surface area contributed by atoms with Crippen molar-refractivity contribution in [3.63, 3.8) is 0 Å². The van der Waals surface area contributed by atoms with Gasteiger partial charge in [-0.2, -0.15) is 0 Å². The average Bonchev–Trinajstić information content (AvgIpc) is 2.40. The molecule has 0 aromatic carbocycles. The maximum absolute atomic E-state index is 11.9. The molecule has 4 nitrogen and oxygen atoms in total. The molecule has 0 unspecified atom stereocenters. The number of amides is 1. The number of piperidine rings is 1. The van der Waals surface area contributed by atoms with Crippen LogP contribution in [0.1, 0.15) is 36.7 Å². The van der Waals surface area contributed by atoms with Gasteiger partial charge in [-0.15, -0.1) is 0 Å². The number of nitrogens with zero attached hydrogens (tertiary/aromatic N) is 1. The molecule has 0 spiro atoms. The summed E-state index contributed by atoms with van der Waals surface area (Å²) in [6.45, 7) is 3.10. The number of pyridine rings is 1. The topological polar surface area (TPSA) is 54.0 Å². The fourth-order valence-corrected chi connectivity index (χ4v) is 2.18. The maximum atomic E-state index is 11.9. The van der Waals surface area contributed by atoms with E-state index in [4.69, 9.17) is 0 Å². The molecule has 1 amide bonds. The fraction of sp³-hybridized carbons (Fsp3) is 0.538. The van der Waals surface area contributed by atoms with Crippen LogP contribution in [0.3, 0.4) is 0 Å². The van der Waals surface area contributed by atoms with Crippen molar-refractivity contribution in [2.24, 2.45) is 0 Å². The van der Waals surface area contributed by atoms with Crippen LogP contribution in [0.2, 0.25) is 0 Å². The molecule has 1 aromatic rings. The largest absolute Gasteiger partial charge is 0.347 e. The number of rotatable bonds is 3. The second kappa shape index (κ2) is 5.77. The third-order valence-electron chi connectivity index (χ3n) is 3.21. The second-order valence-corrected chi connectivity index (χ2v) is 4.53. The molecule has 1 fully saturated rings. The number of hydrogen-bond acceptors (Lipinski definition) is 3. The summed E-state index contributed by atoms with van der Waals surface area (Å²) in [5.41, 5.74) is 0.482. The van der Waals surface area contributed by atoms with E-state index in [1.165, 1.54) is 12.8 Å². The van der Waals surface area contributed by atoms with E-state index in [2.05, 4.69) is 15.6 Å². The second-order valence-electron chi connectivity index (χ2n) is 4.53. The molecule has 1 aliphatic heterocycles. The molecular weight excluding hydrogens is 214 g/mol. The zero-order chi connectivity index (χ0) is 12.1. The van der Waals surface area contributed by atoms with E-state index in [0.717, 1.165) is 13.0 Å². The molecule has 1 saturated heterocycles. The Hall–Kier alpha value is -1.42. The van der Waals surface area contributed by atoms with Crippen molar-refractivity contribution >= 4 is 5.91 Å². The van der Waals surface area contributed by atoms with Crippen LogP contribution < -0.4 is 10.6 Å². The smallest absolute Gasteiger partial charge is 0.270 e. The van der Waals surface area contributed by atoms with Crippen molar-refractivity contribution in [3.05, 3.63) is 30.1 Å². The Kier molecular flexibility index (Phi) is 4.09. The lowest BCUT2D eigenvalue weighted by Gasteiger charge is -2.29. The van der Waals surface area contributed by atoms with Crippen LogP contribution >= 0.6 is 0 Å². The van der Waals surface area contributed by atoms with Gasteiger partial charge < -0.3 is 10.6 Å². The molecule has 2 heterocycles. The van der Waals surface area contributed by atoms with E-state index in [1.54, 1.807) is 12.3 Å². The van der Waals surface area contributed by atoms with Gasteiger partial charge in [-0.25, -0.2) is 0 Å². The SMILES string of the molecule is C[C@H](NC(=O)c1ccccn1)[C@H]1CCCCN1. The summed E-state index contributed by atoms with van der Waals surface area (Å²) in [6, 6.07) is 5.89. The lowest BCUT2D eigenvalue weighted by molar-refractivity contribution is 0.0923. The Labute approximate surface area is 102 Å². The normalized spacial score (nSPS) is 21.8. The van der Waals surface area contributed by atoms with Crippen LogP contribution in [-0.2, 0) is 0 Å². The Morgan fingerprint density at radius 1 is 1.53 bits per heavy atom. The van der Waals surface area contributed by atoms with Crippen molar-refractivity contribution in [1.82, 2.24) is 15.6 Å². The van der Waals surface area contributed by atoms with Crippen molar-refractivity contribution in [1.29, 1.82) is 0 Å². The molecule has 0 saturated carbocycles. The van der Waals surface area contributed by atoms with Gasteiger partial charge in [0.25, 0.3) is 5.91 Å². The highest BCUT2D eigenvalue weighted by molar-refractivity contribution is 5.92. The van der Waals surface area contributed by atoms with E-state index in [9.17, 15) is 4.79 Å². The molecule has 1 aromatic heterocycles. The van der Waals surface area contributed by atoms with Gasteiger partial charge in [0.05, 0.1) is 0 Å². The van der Waals surface area contributed by atoms with E-state index in [-0.39, 0.29) is 11.9 Å². The highest BCUT2D eigenvalue weighted by atomic mass is 16.1. The first-order valence-electron chi connectivity index (χ1n) is 6.22. The van der Waals surface area contributed by atoms with E-state index < -0.39 is 0 Å². The third-order valence-corrected chi connectivity index (χ3v) is 3.21. The molecule has 1 aliphatic rings. The van der Waals surface area contributed by atoms with Gasteiger partial charge in [0.15, 0.2) is 0 Å². The van der Waals surface area contributed by atoms with E-state index >= 15 is 0 Å². The predicted octanol–water partition coefficient (Wildman–Crippen LogP) is 1.34. The zero-order valence-corrected chi connectivity index (χ0v) is 10.1. The highest BCUT2D eigenvalue weighted by Crippen LogP contribution is 2.10. The third kappa shape index (κ3) is 3.27. The molecule has 0 aliphatic carbocycles. The van der Waals surface area contributed by atoms with E-state index in [1.807, 2.05) is 19.1 Å². The average molecular weight is 233 g/mol. The van der Waals surface area contributed by atoms with E-state index in [0.29, 0.717) is 11.7 Å². The molecule has 4 heteroatoms. The van der Waals surface area contributed by atoms with Crippen molar-refractivity contribution in [2.75, 3.05) is 6.54 Å². The Morgan fingerprint density at radius 2 is 2.41 bits per heavy atom. The minimum absolute atomic E-state index is 0.0922. The van der Waals surface area contributed by atoms with Gasteiger partial charge in [-0.1, -0.05) is 12.5 Å². The van der Waals surface area contributed by atoms with Gasteiger partial charge >= 0.3 is 0 Å². The van der Waals surface area contributed by atoms with Crippen LogP contribution in [0.15, 0.2) is 24.4 Å². The number of hydrogen-bond donors (Lipinski definition) is 2. The Balaban J connectivity index is 1.89. The van der Waals surface area contributed by atoms with Crippen molar-refractivity contribution < 1.29 is 4.79 Å². The summed E-state index contributed by atoms with van der Waals surface area (Å²) in [5, 5.41) is 6.44. The van der Waals surface area contributed by atoms with Crippen LogP contribution in [-0.4, -0.2) is 29.5 Å². The van der Waals surface area contributed by atoms with Crippen LogP contribution in [0, 0.1) is 0 Å². The highest BCUT2D eigenvalue weighted by Gasteiger charge is 2.21. The zero-order valence-electron chi connectivity index (χ0n) is 10.1. The van der Waals surface area contributed by atoms with Crippen molar-refractivity contribution in [3.8, 4) is 0 Å². The fourth-order valence-electron chi connectivity index (χ4n) is 2.18. The molecular formula is C13H19N3O. The van der Waals surface area contributed by atoms with Gasteiger partial charge in [-0.05, 0) is 38.4 Å². The number of nitrogens with one attached hydrogen (secondary N) is 2. The van der Waals surface area contributed by atoms with Gasteiger partial charge in [0.2, 0.25) is 0 Å². The van der Waals surface area contributed by atoms with Gasteiger partial charge in [-0.3, -0.25) is 9.78 Å². The monoisotopic (exact) mass is 233 g/mol. The predicted molar refractivity (Wildman–Crippen MR) is 66.8 cm³/mol. The molecule has 0 radical (unpaired) electrons. The molecule has 92 valence electrons. The minimum atomic E-state index is -0.0922. The molecule has 0 bridgehead atoms. The number of carbonyl (C=O) groups excluding carboxylic acids is 1. The van der Waals surface area contributed by atoms with Gasteiger partial charge in [0.1, 0.15) is 5.69 Å². The summed E-state index contributed by atoms with van der Waals surface area (Å²) < 4.78 is 0. The lowest BCUT2D eigenvalue weighted by atomic mass is 9.99. The first-order chi connectivity index (χ1) is 8.27. The minimum Gasteiger partial charge on any atom is -0.347 e. The summed E-state index contributed by atoms with van der Waals surface area (Å²) in [6.07, 6.45) is 5.24. The lowest BCUT2D eigenvalue weighted by Crippen LogP contribution is -2.50. The van der Waals surface area contributed by atoms with Crippen LogP contribution in [0.25, 0.3) is 0 Å². The quantitative estimate of drug-likeness (QED) is 0.828. The Morgan fingerprint density at radius 3 is 3.06 bits per heavy atom. The first kappa shape index (κ1) is 12.0. The molecule has 2 N–H and O–H groups in total. The number of aromatic nitrogens is 1. The summed E-state index contributed by atoms with van der Waals surface area (Å²) in [7, 11) is 0. The van der Waals surface area contributed by atoms with Crippen LogP contribution in [0.5, 0.6) is 0 Å². The summed E-state index contributed by atoms with van der Waals surface area (Å²) in [5.74, 6) is -0.0922. The van der Waals surface area contributed by atoms with Gasteiger partial charge in [0, 0.05) is 18.3 Å². The number of carbonyl (C=O) groups is 1.